The Balaban J connectivity index is 1.41. The monoisotopic (exact) mass is 486 g/mol. The van der Waals surface area contributed by atoms with Gasteiger partial charge < -0.3 is 14.4 Å². The number of benzene rings is 3. The first-order valence-electron chi connectivity index (χ1n) is 11.5. The zero-order valence-electron chi connectivity index (χ0n) is 20.3. The van der Waals surface area contributed by atoms with Gasteiger partial charge in [-0.3, -0.25) is 14.4 Å². The van der Waals surface area contributed by atoms with E-state index in [0.717, 1.165) is 16.0 Å². The molecule has 0 saturated carbocycles. The highest BCUT2D eigenvalue weighted by molar-refractivity contribution is 6.34. The summed E-state index contributed by atoms with van der Waals surface area (Å²) in [6.45, 7) is 4.27. The van der Waals surface area contributed by atoms with Gasteiger partial charge in [-0.05, 0) is 67.4 Å². The topological polar surface area (TPSA) is 93.2 Å². The first-order chi connectivity index (χ1) is 17.3. The Labute approximate surface area is 209 Å². The van der Waals surface area contributed by atoms with E-state index in [4.69, 9.17) is 9.47 Å². The van der Waals surface area contributed by atoms with Gasteiger partial charge in [0.25, 0.3) is 17.7 Å². The number of rotatable bonds is 8. The molecule has 0 spiro atoms. The van der Waals surface area contributed by atoms with Gasteiger partial charge in [0.15, 0.2) is 6.61 Å². The maximum atomic E-state index is 13.0. The van der Waals surface area contributed by atoms with Crippen LogP contribution in [0, 0.1) is 6.92 Å². The second-order valence-electron chi connectivity index (χ2n) is 8.39. The average molecular weight is 487 g/mol. The number of hydrogen-bond acceptors (Lipinski definition) is 6. The molecular weight excluding hydrogens is 460 g/mol. The number of amides is 3. The molecule has 3 aromatic carbocycles. The Morgan fingerprint density at radius 2 is 1.61 bits per heavy atom. The van der Waals surface area contributed by atoms with Gasteiger partial charge in [-0.15, -0.1) is 0 Å². The van der Waals surface area contributed by atoms with Crippen molar-refractivity contribution >= 4 is 29.4 Å². The van der Waals surface area contributed by atoms with Gasteiger partial charge in [-0.25, -0.2) is 9.69 Å². The summed E-state index contributed by atoms with van der Waals surface area (Å²) in [6.07, 6.45) is 0. The number of carbonyl (C=O) groups excluding carboxylic acids is 4. The summed E-state index contributed by atoms with van der Waals surface area (Å²) in [6, 6.07) is 18.5. The van der Waals surface area contributed by atoms with E-state index in [0.29, 0.717) is 24.6 Å². The van der Waals surface area contributed by atoms with Gasteiger partial charge in [0.2, 0.25) is 0 Å². The molecule has 184 valence electrons. The lowest BCUT2D eigenvalue weighted by Gasteiger charge is -2.18. The lowest BCUT2D eigenvalue weighted by Crippen LogP contribution is -2.31. The summed E-state index contributed by atoms with van der Waals surface area (Å²) < 4.78 is 10.6. The van der Waals surface area contributed by atoms with Crippen LogP contribution in [0.2, 0.25) is 0 Å². The number of ether oxygens (including phenoxy) is 2. The van der Waals surface area contributed by atoms with E-state index in [1.54, 1.807) is 31.3 Å². The minimum absolute atomic E-state index is 0.0813. The maximum Gasteiger partial charge on any atom is 0.338 e. The zero-order valence-corrected chi connectivity index (χ0v) is 20.3. The number of imide groups is 1. The highest BCUT2D eigenvalue weighted by Gasteiger charge is 2.37. The number of aryl methyl sites for hydroxylation is 1. The van der Waals surface area contributed by atoms with Crippen LogP contribution in [0.4, 0.5) is 5.69 Å². The van der Waals surface area contributed by atoms with Crippen molar-refractivity contribution in [3.05, 3.63) is 94.5 Å². The average Bonchev–Trinajstić information content (AvgIpc) is 3.13. The summed E-state index contributed by atoms with van der Waals surface area (Å²) in [5, 5.41) is 0. The molecule has 0 N–H and O–H groups in total. The van der Waals surface area contributed by atoms with Crippen LogP contribution in [0.1, 0.15) is 49.1 Å². The third kappa shape index (κ3) is 4.98. The van der Waals surface area contributed by atoms with Crippen molar-refractivity contribution < 1.29 is 28.7 Å². The van der Waals surface area contributed by atoms with Crippen LogP contribution in [-0.2, 0) is 16.1 Å². The molecule has 4 rings (SSSR count). The fourth-order valence-corrected chi connectivity index (χ4v) is 3.91. The predicted molar refractivity (Wildman–Crippen MR) is 133 cm³/mol. The van der Waals surface area contributed by atoms with Gasteiger partial charge >= 0.3 is 5.97 Å². The van der Waals surface area contributed by atoms with Crippen molar-refractivity contribution in [3.8, 4) is 5.75 Å². The molecule has 8 nitrogen and oxygen atoms in total. The Hall–Kier alpha value is -4.46. The van der Waals surface area contributed by atoms with Crippen LogP contribution in [-0.4, -0.2) is 48.9 Å². The molecule has 1 aliphatic rings. The van der Waals surface area contributed by atoms with Gasteiger partial charge in [0, 0.05) is 13.6 Å². The Morgan fingerprint density at radius 1 is 0.917 bits per heavy atom. The van der Waals surface area contributed by atoms with Crippen molar-refractivity contribution in [1.82, 2.24) is 4.90 Å². The highest BCUT2D eigenvalue weighted by atomic mass is 16.5. The second kappa shape index (κ2) is 10.4. The quantitative estimate of drug-likeness (QED) is 0.353. The first kappa shape index (κ1) is 24.7. The molecule has 0 saturated heterocycles. The summed E-state index contributed by atoms with van der Waals surface area (Å²) in [5.74, 6) is -1.51. The van der Waals surface area contributed by atoms with Crippen LogP contribution in [0.25, 0.3) is 0 Å². The number of esters is 1. The van der Waals surface area contributed by atoms with E-state index in [9.17, 15) is 19.2 Å². The molecule has 1 heterocycles. The predicted octanol–water partition coefficient (Wildman–Crippen LogP) is 4.01. The molecule has 0 unspecified atom stereocenters. The minimum Gasteiger partial charge on any atom is -0.494 e. The van der Waals surface area contributed by atoms with Gasteiger partial charge in [0.1, 0.15) is 5.75 Å². The van der Waals surface area contributed by atoms with Crippen LogP contribution in [0.3, 0.4) is 0 Å². The van der Waals surface area contributed by atoms with E-state index < -0.39 is 24.4 Å². The van der Waals surface area contributed by atoms with Crippen LogP contribution in [0.15, 0.2) is 66.7 Å². The molecular formula is C28H26N2O6. The van der Waals surface area contributed by atoms with E-state index in [1.165, 1.54) is 23.1 Å². The Bertz CT molecular complexity index is 1330. The minimum atomic E-state index is -0.754. The smallest absolute Gasteiger partial charge is 0.338 e. The molecule has 36 heavy (non-hydrogen) atoms. The zero-order chi connectivity index (χ0) is 25.8. The van der Waals surface area contributed by atoms with Gasteiger partial charge in [0.05, 0.1) is 29.0 Å². The summed E-state index contributed by atoms with van der Waals surface area (Å²) in [4.78, 5) is 53.5. The fraction of sp³-hybridized carbons (Fsp3) is 0.214. The van der Waals surface area contributed by atoms with Gasteiger partial charge in [-0.1, -0.05) is 24.3 Å². The van der Waals surface area contributed by atoms with E-state index in [1.807, 2.05) is 38.1 Å². The first-order valence-corrected chi connectivity index (χ1v) is 11.5. The van der Waals surface area contributed by atoms with Crippen LogP contribution >= 0.6 is 0 Å². The molecule has 0 atom stereocenters. The number of hydrogen-bond donors (Lipinski definition) is 0. The molecule has 3 amide bonds. The molecule has 0 bridgehead atoms. The third-order valence-electron chi connectivity index (χ3n) is 5.95. The van der Waals surface area contributed by atoms with E-state index in [2.05, 4.69) is 0 Å². The lowest BCUT2D eigenvalue weighted by atomic mass is 10.1. The number of anilines is 1. The Kier molecular flexibility index (Phi) is 7.15. The molecule has 0 radical (unpaired) electrons. The Morgan fingerprint density at radius 3 is 2.31 bits per heavy atom. The highest BCUT2D eigenvalue weighted by Crippen LogP contribution is 2.30. The maximum absolute atomic E-state index is 13.0. The van der Waals surface area contributed by atoms with Crippen molar-refractivity contribution in [2.75, 3.05) is 25.2 Å². The normalized spacial score (nSPS) is 12.4. The molecule has 0 fully saturated rings. The van der Waals surface area contributed by atoms with Gasteiger partial charge in [-0.2, -0.15) is 0 Å². The molecule has 8 heteroatoms. The SMILES string of the molecule is CCOc1ccc(N2C(=O)c3ccc(C(=O)OCC(=O)N(C)Cc4ccccc4C)cc3C2=O)cc1. The van der Waals surface area contributed by atoms with Crippen molar-refractivity contribution in [2.45, 2.75) is 20.4 Å². The van der Waals surface area contributed by atoms with E-state index in [-0.39, 0.29) is 22.6 Å². The summed E-state index contributed by atoms with van der Waals surface area (Å²) in [7, 11) is 1.64. The number of likely N-dealkylation sites (N-methyl/N-ethyl adjacent to an activating group) is 1. The lowest BCUT2D eigenvalue weighted by molar-refractivity contribution is -0.133. The standard InChI is InChI=1S/C28H26N2O6/c1-4-35-22-12-10-21(11-13-22)30-26(32)23-14-9-19(15-24(23)27(30)33)28(34)36-17-25(31)29(3)16-20-8-6-5-7-18(20)2/h5-15H,4,16-17H2,1-3H3. The molecule has 0 aliphatic carbocycles. The van der Waals surface area contributed by atoms with Crippen molar-refractivity contribution in [2.24, 2.45) is 0 Å². The van der Waals surface area contributed by atoms with Crippen LogP contribution in [0.5, 0.6) is 5.75 Å². The van der Waals surface area contributed by atoms with Crippen molar-refractivity contribution in [1.29, 1.82) is 0 Å². The number of fused-ring (bicyclic) bond motifs is 1. The summed E-state index contributed by atoms with van der Waals surface area (Å²) >= 11 is 0. The number of carbonyl (C=O) groups is 4. The largest absolute Gasteiger partial charge is 0.494 e. The van der Waals surface area contributed by atoms with E-state index >= 15 is 0 Å². The molecule has 3 aromatic rings. The molecule has 0 aromatic heterocycles. The second-order valence-corrected chi connectivity index (χ2v) is 8.39. The number of nitrogens with zero attached hydrogens (tertiary/aromatic N) is 2. The van der Waals surface area contributed by atoms with Crippen LogP contribution < -0.4 is 9.64 Å². The van der Waals surface area contributed by atoms with Crippen molar-refractivity contribution in [3.63, 3.8) is 0 Å². The summed E-state index contributed by atoms with van der Waals surface area (Å²) in [5.41, 5.74) is 2.84. The fourth-order valence-electron chi connectivity index (χ4n) is 3.91. The third-order valence-corrected chi connectivity index (χ3v) is 5.95. The molecule has 1 aliphatic heterocycles.